The van der Waals surface area contributed by atoms with E-state index in [1.165, 1.54) is 0 Å². The molecule has 0 bridgehead atoms. The number of nitrogens with one attached hydrogen (secondary N) is 1. The number of hydrogen-bond acceptors (Lipinski definition) is 5. The molecule has 5 aromatic rings. The number of primary amides is 1. The van der Waals surface area contributed by atoms with Crippen molar-refractivity contribution < 1.29 is 4.79 Å². The number of imidazole rings is 1. The Morgan fingerprint density at radius 2 is 1.74 bits per heavy atom. The Labute approximate surface area is 225 Å². The summed E-state index contributed by atoms with van der Waals surface area (Å²) in [4.78, 5) is 16.3. The normalized spacial score (nSPS) is 11.1. The molecule has 192 valence electrons. The maximum Gasteiger partial charge on any atom is 0.223 e. The van der Waals surface area contributed by atoms with Crippen LogP contribution in [0.25, 0.3) is 33.6 Å². The zero-order valence-electron chi connectivity index (χ0n) is 21.1. The van der Waals surface area contributed by atoms with Crippen LogP contribution < -0.4 is 5.73 Å². The molecule has 5 rings (SSSR count). The van der Waals surface area contributed by atoms with Gasteiger partial charge in [-0.05, 0) is 51.6 Å². The first kappa shape index (κ1) is 25.4. The molecule has 9 heteroatoms. The number of aromatic amines is 1. The van der Waals surface area contributed by atoms with Crippen molar-refractivity contribution in [3.05, 3.63) is 95.0 Å². The van der Waals surface area contributed by atoms with Gasteiger partial charge in [-0.2, -0.15) is 5.21 Å². The summed E-state index contributed by atoms with van der Waals surface area (Å²) < 4.78 is 2.03. The number of nitrogens with two attached hydrogens (primary N) is 1. The lowest BCUT2D eigenvalue weighted by molar-refractivity contribution is -0.117. The fourth-order valence-corrected chi connectivity index (χ4v) is 4.85. The molecule has 2 heterocycles. The van der Waals surface area contributed by atoms with Crippen molar-refractivity contribution >= 4 is 17.5 Å². The standard InChI is InChI=1S/C29H28ClN7O/c1-2-3-9-27-32-28(30)25(17-26(31)38)37(27)18-19-10-12-21(13-11-19)24-16-22(20-7-5-4-6-8-20)14-15-23(24)29-33-35-36-34-29/h4-8,10-16H,2-3,9,17-18H2,1H3,(H2,31,38)(H,33,34,35,36). The third-order valence-corrected chi connectivity index (χ3v) is 6.82. The Hall–Kier alpha value is -4.30. The first-order valence-electron chi connectivity index (χ1n) is 12.6. The highest BCUT2D eigenvalue weighted by Crippen LogP contribution is 2.34. The van der Waals surface area contributed by atoms with E-state index in [1.807, 2.05) is 28.8 Å². The first-order valence-corrected chi connectivity index (χ1v) is 13.0. The minimum absolute atomic E-state index is 0.0520. The van der Waals surface area contributed by atoms with Gasteiger partial charge in [0, 0.05) is 18.5 Å². The van der Waals surface area contributed by atoms with Gasteiger partial charge in [0.05, 0.1) is 12.1 Å². The molecule has 0 radical (unpaired) electrons. The van der Waals surface area contributed by atoms with Crippen LogP contribution >= 0.6 is 11.6 Å². The molecular formula is C29H28ClN7O. The molecule has 0 unspecified atom stereocenters. The number of hydrogen-bond donors (Lipinski definition) is 2. The number of carbonyl (C=O) groups is 1. The average molecular weight is 526 g/mol. The van der Waals surface area contributed by atoms with E-state index in [0.29, 0.717) is 23.2 Å². The van der Waals surface area contributed by atoms with Crippen LogP contribution in [0.15, 0.2) is 72.8 Å². The SMILES string of the molecule is CCCCc1nc(Cl)c(CC(N)=O)n1Cc1ccc(-c2cc(-c3ccccc3)ccc2-c2nn[nH]n2)cc1. The lowest BCUT2D eigenvalue weighted by atomic mass is 9.93. The van der Waals surface area contributed by atoms with Gasteiger partial charge >= 0.3 is 0 Å². The Balaban J connectivity index is 1.50. The van der Waals surface area contributed by atoms with Gasteiger partial charge in [-0.25, -0.2) is 4.98 Å². The van der Waals surface area contributed by atoms with E-state index in [9.17, 15) is 4.79 Å². The maximum atomic E-state index is 11.7. The summed E-state index contributed by atoms with van der Waals surface area (Å²) in [6.07, 6.45) is 2.86. The highest BCUT2D eigenvalue weighted by molar-refractivity contribution is 6.30. The van der Waals surface area contributed by atoms with Gasteiger partial charge in [-0.15, -0.1) is 10.2 Å². The van der Waals surface area contributed by atoms with E-state index in [4.69, 9.17) is 17.3 Å². The molecule has 0 aliphatic heterocycles. The Bertz CT molecular complexity index is 1530. The van der Waals surface area contributed by atoms with Gasteiger partial charge < -0.3 is 10.3 Å². The average Bonchev–Trinajstić information content (AvgIpc) is 3.57. The third-order valence-electron chi connectivity index (χ3n) is 6.52. The molecule has 0 spiro atoms. The lowest BCUT2D eigenvalue weighted by Crippen LogP contribution is -2.18. The Kier molecular flexibility index (Phi) is 7.60. The number of aryl methyl sites for hydroxylation is 1. The van der Waals surface area contributed by atoms with E-state index in [1.54, 1.807) is 0 Å². The summed E-state index contributed by atoms with van der Waals surface area (Å²) in [5, 5.41) is 15.1. The van der Waals surface area contributed by atoms with Crippen molar-refractivity contribution in [3.8, 4) is 33.6 Å². The molecule has 3 aromatic carbocycles. The number of rotatable bonds is 10. The second-order valence-corrected chi connectivity index (χ2v) is 9.52. The smallest absolute Gasteiger partial charge is 0.223 e. The number of aromatic nitrogens is 6. The number of benzene rings is 3. The number of amides is 1. The van der Waals surface area contributed by atoms with E-state index in [0.717, 1.165) is 58.5 Å². The monoisotopic (exact) mass is 525 g/mol. The van der Waals surface area contributed by atoms with Gasteiger partial charge in [0.2, 0.25) is 11.7 Å². The molecule has 0 saturated heterocycles. The van der Waals surface area contributed by atoms with Crippen molar-refractivity contribution in [2.75, 3.05) is 0 Å². The minimum atomic E-state index is -0.433. The number of carbonyl (C=O) groups excluding carboxylic acids is 1. The van der Waals surface area contributed by atoms with Crippen molar-refractivity contribution in [1.29, 1.82) is 0 Å². The number of halogens is 1. The van der Waals surface area contributed by atoms with Gasteiger partial charge in [0.15, 0.2) is 5.15 Å². The summed E-state index contributed by atoms with van der Waals surface area (Å²) in [5.41, 5.74) is 12.4. The second kappa shape index (κ2) is 11.4. The first-order chi connectivity index (χ1) is 18.5. The fourth-order valence-electron chi connectivity index (χ4n) is 4.59. The van der Waals surface area contributed by atoms with Crippen molar-refractivity contribution in [2.24, 2.45) is 5.73 Å². The highest BCUT2D eigenvalue weighted by Gasteiger charge is 2.18. The predicted molar refractivity (Wildman–Crippen MR) is 148 cm³/mol. The van der Waals surface area contributed by atoms with Crippen molar-refractivity contribution in [3.63, 3.8) is 0 Å². The summed E-state index contributed by atoms with van der Waals surface area (Å²) in [5.74, 6) is 0.971. The molecular weight excluding hydrogens is 498 g/mol. The molecule has 0 aliphatic carbocycles. The van der Waals surface area contributed by atoms with Crippen LogP contribution in [0.1, 0.15) is 36.8 Å². The minimum Gasteiger partial charge on any atom is -0.369 e. The van der Waals surface area contributed by atoms with E-state index < -0.39 is 5.91 Å². The van der Waals surface area contributed by atoms with Crippen molar-refractivity contribution in [2.45, 2.75) is 39.2 Å². The van der Waals surface area contributed by atoms with Crippen LogP contribution in [0.2, 0.25) is 5.15 Å². The Morgan fingerprint density at radius 1 is 0.974 bits per heavy atom. The zero-order chi connectivity index (χ0) is 26.5. The van der Waals surface area contributed by atoms with Gasteiger partial charge in [-0.3, -0.25) is 4.79 Å². The van der Waals surface area contributed by atoms with Gasteiger partial charge in [0.1, 0.15) is 5.82 Å². The zero-order valence-corrected chi connectivity index (χ0v) is 21.8. The predicted octanol–water partition coefficient (Wildman–Crippen LogP) is 5.47. The topological polar surface area (TPSA) is 115 Å². The van der Waals surface area contributed by atoms with Crippen LogP contribution in [0, 0.1) is 0 Å². The number of tetrazole rings is 1. The van der Waals surface area contributed by atoms with E-state index in [2.05, 4.69) is 81.1 Å². The number of unbranched alkanes of at least 4 members (excludes halogenated alkanes) is 1. The maximum absolute atomic E-state index is 11.7. The summed E-state index contributed by atoms with van der Waals surface area (Å²) in [7, 11) is 0. The largest absolute Gasteiger partial charge is 0.369 e. The Morgan fingerprint density at radius 3 is 2.42 bits per heavy atom. The van der Waals surface area contributed by atoms with E-state index >= 15 is 0 Å². The molecule has 0 saturated carbocycles. The molecule has 0 atom stereocenters. The van der Waals surface area contributed by atoms with E-state index in [-0.39, 0.29) is 6.42 Å². The summed E-state index contributed by atoms with van der Waals surface area (Å²) in [6, 6.07) is 24.8. The van der Waals surface area contributed by atoms with Gasteiger partial charge in [0.25, 0.3) is 0 Å². The summed E-state index contributed by atoms with van der Waals surface area (Å²) >= 11 is 6.42. The third kappa shape index (κ3) is 5.50. The van der Waals surface area contributed by atoms with Crippen LogP contribution in [0.5, 0.6) is 0 Å². The second-order valence-electron chi connectivity index (χ2n) is 9.16. The molecule has 8 nitrogen and oxygen atoms in total. The molecule has 3 N–H and O–H groups in total. The van der Waals surface area contributed by atoms with Crippen molar-refractivity contribution in [1.82, 2.24) is 30.2 Å². The fraction of sp³-hybridized carbons (Fsp3) is 0.207. The summed E-state index contributed by atoms with van der Waals surface area (Å²) in [6.45, 7) is 2.68. The van der Waals surface area contributed by atoms with Crippen LogP contribution in [-0.2, 0) is 24.2 Å². The van der Waals surface area contributed by atoms with Crippen LogP contribution in [0.4, 0.5) is 0 Å². The van der Waals surface area contributed by atoms with Crippen LogP contribution in [-0.4, -0.2) is 36.1 Å². The molecule has 0 aliphatic rings. The number of H-pyrrole nitrogens is 1. The quantitative estimate of drug-likeness (QED) is 0.251. The highest BCUT2D eigenvalue weighted by atomic mass is 35.5. The van der Waals surface area contributed by atoms with Crippen LogP contribution in [0.3, 0.4) is 0 Å². The number of nitrogens with zero attached hydrogens (tertiary/aromatic N) is 5. The lowest BCUT2D eigenvalue weighted by Gasteiger charge is -2.14. The molecule has 2 aromatic heterocycles. The molecule has 38 heavy (non-hydrogen) atoms. The van der Waals surface area contributed by atoms with Gasteiger partial charge in [-0.1, -0.05) is 85.6 Å². The molecule has 1 amide bonds. The molecule has 0 fully saturated rings.